The lowest BCUT2D eigenvalue weighted by molar-refractivity contribution is 0.664. The highest BCUT2D eigenvalue weighted by Gasteiger charge is 2.40. The smallest absolute Gasteiger partial charge is 0.0588 e. The molecule has 516 valence electrons. The number of benzene rings is 18. The summed E-state index contributed by atoms with van der Waals surface area (Å²) in [6, 6.07) is 135. The van der Waals surface area contributed by atoms with E-state index in [1.807, 2.05) is 0 Å². The van der Waals surface area contributed by atoms with Crippen molar-refractivity contribution in [1.29, 1.82) is 0 Å². The number of nitrogens with zero attached hydrogens (tertiary/aromatic N) is 4. The van der Waals surface area contributed by atoms with Crippen LogP contribution in [0, 0.1) is 0 Å². The summed E-state index contributed by atoms with van der Waals surface area (Å²) >= 11 is 0. The van der Waals surface area contributed by atoms with Crippen LogP contribution in [-0.4, -0.2) is 18.3 Å². The molecule has 4 nitrogen and oxygen atoms in total. The third kappa shape index (κ3) is 9.08. The third-order valence-corrected chi connectivity index (χ3v) is 24.9. The highest BCUT2D eigenvalue weighted by molar-refractivity contribution is 6.18. The van der Waals surface area contributed by atoms with Crippen LogP contribution < -0.4 is 0 Å². The molecule has 0 saturated carbocycles. The lowest BCUT2D eigenvalue weighted by Gasteiger charge is -2.23. The van der Waals surface area contributed by atoms with Crippen molar-refractivity contribution in [3.63, 3.8) is 0 Å². The van der Waals surface area contributed by atoms with E-state index < -0.39 is 0 Å². The molecule has 24 rings (SSSR count). The molecule has 4 heterocycles. The van der Waals surface area contributed by atoms with Crippen molar-refractivity contribution in [3.8, 4) is 67.3 Å². The van der Waals surface area contributed by atoms with E-state index in [9.17, 15) is 0 Å². The van der Waals surface area contributed by atoms with Gasteiger partial charge in [-0.15, -0.1) is 0 Å². The maximum atomic E-state index is 2.54. The molecule has 2 aliphatic carbocycles. The lowest BCUT2D eigenvalue weighted by atomic mass is 9.80. The minimum Gasteiger partial charge on any atom is -0.309 e. The minimum absolute atomic E-state index is 0.145. The van der Waals surface area contributed by atoms with E-state index in [1.165, 1.54) is 220 Å². The summed E-state index contributed by atoms with van der Waals surface area (Å²) in [5, 5.41) is 20.3. The molecular weight excluding hydrogens is 1330 g/mol. The Morgan fingerprint density at radius 2 is 0.500 bits per heavy atom. The van der Waals surface area contributed by atoms with E-state index in [4.69, 9.17) is 0 Å². The van der Waals surface area contributed by atoms with E-state index >= 15 is 0 Å². The quantitative estimate of drug-likeness (QED) is 0.158. The maximum Gasteiger partial charge on any atom is 0.0588 e. The first kappa shape index (κ1) is 62.4. The topological polar surface area (TPSA) is 19.7 Å². The van der Waals surface area contributed by atoms with Gasteiger partial charge in [-0.1, -0.05) is 276 Å². The number of hydrogen-bond donors (Lipinski definition) is 0. The van der Waals surface area contributed by atoms with Crippen molar-refractivity contribution in [2.45, 2.75) is 38.5 Å². The molecule has 0 radical (unpaired) electrons. The van der Waals surface area contributed by atoms with Gasteiger partial charge in [-0.25, -0.2) is 0 Å². The fourth-order valence-electron chi connectivity index (χ4n) is 19.8. The second-order valence-corrected chi connectivity index (χ2v) is 31.5. The van der Waals surface area contributed by atoms with Crippen molar-refractivity contribution in [2.24, 2.45) is 0 Å². The lowest BCUT2D eigenvalue weighted by Crippen LogP contribution is -2.16. The van der Waals surface area contributed by atoms with Crippen LogP contribution in [-0.2, 0) is 10.8 Å². The number of aromatic nitrogens is 4. The fourth-order valence-corrected chi connectivity index (χ4v) is 19.8. The average molecular weight is 1400 g/mol. The van der Waals surface area contributed by atoms with E-state index in [2.05, 4.69) is 410 Å². The van der Waals surface area contributed by atoms with Crippen LogP contribution in [0.3, 0.4) is 0 Å². The Bertz CT molecular complexity index is 7720. The van der Waals surface area contributed by atoms with Gasteiger partial charge in [0, 0.05) is 76.7 Å². The summed E-state index contributed by atoms with van der Waals surface area (Å²) in [4.78, 5) is 0. The molecule has 4 aromatic heterocycles. The molecule has 0 amide bonds. The molecule has 0 bridgehead atoms. The summed E-state index contributed by atoms with van der Waals surface area (Å²) < 4.78 is 9.86. The molecule has 110 heavy (non-hydrogen) atoms. The fraction of sp³-hybridized carbons (Fsp3) is 0.0566. The molecule has 2 aliphatic rings. The van der Waals surface area contributed by atoms with Gasteiger partial charge in [0.05, 0.1) is 44.1 Å². The summed E-state index contributed by atoms with van der Waals surface area (Å²) in [7, 11) is 0. The Balaban J connectivity index is 0.000000132. The predicted octanol–water partition coefficient (Wildman–Crippen LogP) is 28.3. The maximum absolute atomic E-state index is 2.54. The molecule has 0 saturated heterocycles. The third-order valence-electron chi connectivity index (χ3n) is 24.9. The average Bonchev–Trinajstić information content (AvgIpc) is 1.54. The number of para-hydroxylation sites is 2. The van der Waals surface area contributed by atoms with E-state index in [1.54, 1.807) is 0 Å². The summed E-state index contributed by atoms with van der Waals surface area (Å²) in [6.45, 7) is 9.60. The van der Waals surface area contributed by atoms with Crippen LogP contribution in [0.15, 0.2) is 364 Å². The van der Waals surface area contributed by atoms with Gasteiger partial charge in [0.25, 0.3) is 0 Å². The summed E-state index contributed by atoms with van der Waals surface area (Å²) in [5.74, 6) is 0. The van der Waals surface area contributed by atoms with Gasteiger partial charge in [-0.05, 0) is 225 Å². The van der Waals surface area contributed by atoms with Crippen LogP contribution in [0.4, 0.5) is 0 Å². The number of rotatable bonds is 6. The SMILES string of the molecule is CC1(C)c2ccccc2-c2ccc3c(c21)c1cc(-c2ccc4c(c2)c2ccccc2n4-c2ccc4ccccc4c2)ccc1n3-c1ccc2ccccc2c1.CC1(C)c2ccccc2-c2ccc3c4cc(-c5ccc6c(c5)c5ccccc5n6-c5ccc6ccccc6c5)ccc4n(-c4ccc5ccccc5c4)c3c21. The molecule has 4 heteroatoms. The van der Waals surface area contributed by atoms with Crippen LogP contribution in [0.25, 0.3) is 198 Å². The van der Waals surface area contributed by atoms with Crippen molar-refractivity contribution in [1.82, 2.24) is 18.3 Å². The first-order valence-electron chi connectivity index (χ1n) is 38.5. The Kier molecular flexibility index (Phi) is 13.2. The first-order valence-corrected chi connectivity index (χ1v) is 38.5. The Morgan fingerprint density at radius 1 is 0.191 bits per heavy atom. The van der Waals surface area contributed by atoms with Crippen molar-refractivity contribution < 1.29 is 0 Å². The minimum atomic E-state index is -0.151. The molecule has 18 aromatic carbocycles. The zero-order chi connectivity index (χ0) is 72.8. The highest BCUT2D eigenvalue weighted by Crippen LogP contribution is 2.56. The second-order valence-electron chi connectivity index (χ2n) is 31.5. The Hall–Kier alpha value is -13.8. The van der Waals surface area contributed by atoms with E-state index in [0.717, 1.165) is 0 Å². The van der Waals surface area contributed by atoms with E-state index in [0.29, 0.717) is 0 Å². The Morgan fingerprint density at radius 3 is 0.955 bits per heavy atom. The van der Waals surface area contributed by atoms with Gasteiger partial charge in [0.1, 0.15) is 0 Å². The highest BCUT2D eigenvalue weighted by atomic mass is 15.0. The molecule has 0 N–H and O–H groups in total. The van der Waals surface area contributed by atoms with Gasteiger partial charge < -0.3 is 18.3 Å². The molecular formula is C106H72N4. The van der Waals surface area contributed by atoms with Gasteiger partial charge in [0.2, 0.25) is 0 Å². The van der Waals surface area contributed by atoms with Gasteiger partial charge in [0.15, 0.2) is 0 Å². The van der Waals surface area contributed by atoms with Crippen LogP contribution >= 0.6 is 0 Å². The molecule has 0 atom stereocenters. The van der Waals surface area contributed by atoms with Crippen LogP contribution in [0.1, 0.15) is 49.9 Å². The van der Waals surface area contributed by atoms with Crippen molar-refractivity contribution in [3.05, 3.63) is 386 Å². The molecule has 0 fully saturated rings. The largest absolute Gasteiger partial charge is 0.309 e. The standard InChI is InChI=1S/2C53H36N2/c1-53(2)47-17-9-7-15-41(47)43-25-26-44-46-32-38(22-28-50(46)55(52(44)51(43)53)40-24-20-34-12-4-6-14-36(34)30-40)37-21-27-49-45(31-37)42-16-8-10-18-48(42)54(49)39-23-19-33-11-3-5-13-35(33)29-39;1-53(2)46-17-9-7-15-41(46)43-25-28-50-51(52(43)53)45-32-38(22-27-49(45)55(50)40-24-20-34-12-4-6-14-36(34)30-40)37-21-26-48-44(31-37)42-16-8-10-18-47(42)54(48)39-23-19-33-11-3-5-13-35(33)29-39/h2*3-32H,1-2H3. The molecule has 22 aromatic rings. The number of hydrogen-bond acceptors (Lipinski definition) is 0. The Labute approximate surface area is 636 Å². The first-order chi connectivity index (χ1) is 54.1. The van der Waals surface area contributed by atoms with Crippen molar-refractivity contribution >= 4 is 130 Å². The number of fused-ring (bicyclic) bond motifs is 24. The predicted molar refractivity (Wildman–Crippen MR) is 466 cm³/mol. The molecule has 0 spiro atoms. The zero-order valence-corrected chi connectivity index (χ0v) is 61.4. The monoisotopic (exact) mass is 1400 g/mol. The van der Waals surface area contributed by atoms with Crippen molar-refractivity contribution in [2.75, 3.05) is 0 Å². The molecule has 0 aliphatic heterocycles. The zero-order valence-electron chi connectivity index (χ0n) is 61.4. The van der Waals surface area contributed by atoms with Crippen LogP contribution in [0.5, 0.6) is 0 Å². The van der Waals surface area contributed by atoms with Gasteiger partial charge in [-0.2, -0.15) is 0 Å². The second kappa shape index (κ2) is 23.4. The van der Waals surface area contributed by atoms with Gasteiger partial charge >= 0.3 is 0 Å². The summed E-state index contributed by atoms with van der Waals surface area (Å²) in [5.41, 5.74) is 30.2. The van der Waals surface area contributed by atoms with Crippen LogP contribution in [0.2, 0.25) is 0 Å². The summed E-state index contributed by atoms with van der Waals surface area (Å²) in [6.07, 6.45) is 0. The molecule has 0 unspecified atom stereocenters. The normalized spacial score (nSPS) is 13.4. The van der Waals surface area contributed by atoms with E-state index in [-0.39, 0.29) is 10.8 Å². The van der Waals surface area contributed by atoms with Gasteiger partial charge in [-0.3, -0.25) is 0 Å².